The van der Waals surface area contributed by atoms with Crippen molar-refractivity contribution in [2.75, 3.05) is 11.1 Å². The topological polar surface area (TPSA) is 142 Å². The minimum atomic E-state index is -1.35. The largest absolute Gasteiger partial charge is 0.444 e. The highest BCUT2D eigenvalue weighted by atomic mass is 16.6. The molecule has 9 nitrogen and oxygen atoms in total. The Balaban J connectivity index is 1.88. The predicted molar refractivity (Wildman–Crippen MR) is 117 cm³/mol. The Morgan fingerprint density at radius 1 is 0.969 bits per heavy atom. The van der Waals surface area contributed by atoms with Crippen LogP contribution < -0.4 is 11.1 Å². The highest BCUT2D eigenvalue weighted by Crippen LogP contribution is 2.26. The molecule has 0 heterocycles. The summed E-state index contributed by atoms with van der Waals surface area (Å²) in [7, 11) is 0. The molecule has 0 aliphatic rings. The van der Waals surface area contributed by atoms with E-state index < -0.39 is 28.6 Å². The maximum atomic E-state index is 13.0. The van der Waals surface area contributed by atoms with E-state index >= 15 is 0 Å². The summed E-state index contributed by atoms with van der Waals surface area (Å²) in [5.41, 5.74) is 6.05. The highest BCUT2D eigenvalue weighted by Gasteiger charge is 2.27. The van der Waals surface area contributed by atoms with Gasteiger partial charge in [-0.2, -0.15) is 0 Å². The quantitative estimate of drug-likeness (QED) is 0.189. The number of benzene rings is 3. The summed E-state index contributed by atoms with van der Waals surface area (Å²) in [5.74, 6) is -1.76. The van der Waals surface area contributed by atoms with Crippen molar-refractivity contribution in [1.82, 2.24) is 0 Å². The smallest absolute Gasteiger partial charge is 0.339 e. The molecule has 0 aliphatic heterocycles. The van der Waals surface area contributed by atoms with Crippen LogP contribution >= 0.6 is 0 Å². The monoisotopic (exact) mass is 433 g/mol. The molecule has 0 fully saturated rings. The number of ketones is 1. The number of esters is 1. The lowest BCUT2D eigenvalue weighted by molar-refractivity contribution is -0.383. The second-order valence-electron chi connectivity index (χ2n) is 6.85. The average molecular weight is 433 g/mol. The second-order valence-corrected chi connectivity index (χ2v) is 6.85. The van der Waals surface area contributed by atoms with Crippen molar-refractivity contribution in [1.29, 1.82) is 0 Å². The summed E-state index contributed by atoms with van der Waals surface area (Å²) in [6.07, 6.45) is -1.35. The van der Waals surface area contributed by atoms with Gasteiger partial charge in [0.2, 0.25) is 6.10 Å². The van der Waals surface area contributed by atoms with E-state index in [0.717, 1.165) is 6.07 Å². The van der Waals surface area contributed by atoms with Crippen LogP contribution in [0.3, 0.4) is 0 Å². The highest BCUT2D eigenvalue weighted by molar-refractivity contribution is 6.00. The van der Waals surface area contributed by atoms with Gasteiger partial charge in [-0.15, -0.1) is 0 Å². The van der Waals surface area contributed by atoms with E-state index in [1.54, 1.807) is 48.5 Å². The van der Waals surface area contributed by atoms with E-state index in [4.69, 9.17) is 10.5 Å². The van der Waals surface area contributed by atoms with Gasteiger partial charge in [-0.1, -0.05) is 42.5 Å². The van der Waals surface area contributed by atoms with E-state index in [-0.39, 0.29) is 17.0 Å². The SMILES string of the molecule is CC(=O)c1cccc(NC(=O)C(OC(=O)c2ccc(N)c([N+](=O)[O-])c2)c2ccccc2)c1. The number of nitrogens with one attached hydrogen (secondary N) is 1. The van der Waals surface area contributed by atoms with Crippen LogP contribution in [-0.4, -0.2) is 22.6 Å². The van der Waals surface area contributed by atoms with Gasteiger partial charge in [0.05, 0.1) is 10.5 Å². The van der Waals surface area contributed by atoms with Crippen LogP contribution in [0.2, 0.25) is 0 Å². The number of rotatable bonds is 7. The normalized spacial score (nSPS) is 11.3. The van der Waals surface area contributed by atoms with Gasteiger partial charge in [0.15, 0.2) is 5.78 Å². The minimum Gasteiger partial charge on any atom is -0.444 e. The number of nitrogen functional groups attached to an aromatic ring is 1. The Morgan fingerprint density at radius 2 is 1.69 bits per heavy atom. The van der Waals surface area contributed by atoms with Crippen LogP contribution in [0.5, 0.6) is 0 Å². The lowest BCUT2D eigenvalue weighted by atomic mass is 10.1. The Bertz CT molecular complexity index is 1190. The molecule has 0 aromatic heterocycles. The van der Waals surface area contributed by atoms with Gasteiger partial charge in [-0.3, -0.25) is 19.7 Å². The molecular formula is C23H19N3O6. The Kier molecular flexibility index (Phi) is 6.59. The van der Waals surface area contributed by atoms with E-state index in [1.165, 1.54) is 25.1 Å². The molecule has 0 radical (unpaired) electrons. The summed E-state index contributed by atoms with van der Waals surface area (Å²) in [4.78, 5) is 47.7. The number of hydrogen-bond acceptors (Lipinski definition) is 7. The van der Waals surface area contributed by atoms with Crippen molar-refractivity contribution in [3.8, 4) is 0 Å². The molecule has 3 rings (SSSR count). The molecule has 32 heavy (non-hydrogen) atoms. The number of carbonyl (C=O) groups is 3. The molecule has 0 bridgehead atoms. The summed E-state index contributed by atoms with van der Waals surface area (Å²) in [6, 6.07) is 18.1. The standard InChI is InChI=1S/C23H19N3O6/c1-14(27)16-8-5-9-18(12-16)25-22(28)21(15-6-3-2-4-7-15)32-23(29)17-10-11-19(24)20(13-17)26(30)31/h2-13,21H,24H2,1H3,(H,25,28). The first kappa shape index (κ1) is 22.2. The van der Waals surface area contributed by atoms with Gasteiger partial charge in [0.1, 0.15) is 5.69 Å². The zero-order chi connectivity index (χ0) is 23.3. The van der Waals surface area contributed by atoms with Crippen molar-refractivity contribution in [2.45, 2.75) is 13.0 Å². The molecule has 162 valence electrons. The lowest BCUT2D eigenvalue weighted by Gasteiger charge is -2.18. The van der Waals surface area contributed by atoms with Gasteiger partial charge in [-0.05, 0) is 31.2 Å². The number of nitrogens with two attached hydrogens (primary N) is 1. The maximum absolute atomic E-state index is 13.0. The first-order valence-electron chi connectivity index (χ1n) is 9.48. The molecule has 0 spiro atoms. The number of hydrogen-bond donors (Lipinski definition) is 2. The molecule has 0 saturated carbocycles. The predicted octanol–water partition coefficient (Wildman–Crippen LogP) is 3.92. The minimum absolute atomic E-state index is 0.103. The number of ether oxygens (including phenoxy) is 1. The molecule has 3 N–H and O–H groups in total. The number of nitro groups is 1. The van der Waals surface area contributed by atoms with Crippen molar-refractivity contribution in [3.05, 3.63) is 99.6 Å². The fraction of sp³-hybridized carbons (Fsp3) is 0.0870. The molecule has 0 aliphatic carbocycles. The second kappa shape index (κ2) is 9.52. The Morgan fingerprint density at radius 3 is 2.34 bits per heavy atom. The fourth-order valence-corrected chi connectivity index (χ4v) is 2.93. The zero-order valence-corrected chi connectivity index (χ0v) is 17.0. The van der Waals surface area contributed by atoms with Gasteiger partial charge < -0.3 is 15.8 Å². The molecule has 1 amide bonds. The number of nitro benzene ring substituents is 1. The molecule has 3 aromatic carbocycles. The number of nitrogens with zero attached hydrogens (tertiary/aromatic N) is 1. The van der Waals surface area contributed by atoms with Crippen molar-refractivity contribution < 1.29 is 24.0 Å². The van der Waals surface area contributed by atoms with Crippen molar-refractivity contribution >= 4 is 34.7 Å². The van der Waals surface area contributed by atoms with E-state index in [1.807, 2.05) is 0 Å². The van der Waals surface area contributed by atoms with Crippen molar-refractivity contribution in [2.24, 2.45) is 0 Å². The van der Waals surface area contributed by atoms with E-state index in [9.17, 15) is 24.5 Å². The zero-order valence-electron chi connectivity index (χ0n) is 17.0. The fourth-order valence-electron chi connectivity index (χ4n) is 2.93. The molecule has 1 unspecified atom stereocenters. The summed E-state index contributed by atoms with van der Waals surface area (Å²) < 4.78 is 5.43. The van der Waals surface area contributed by atoms with Gasteiger partial charge >= 0.3 is 5.97 Å². The number of carbonyl (C=O) groups excluding carboxylic acids is 3. The van der Waals surface area contributed by atoms with Gasteiger partial charge in [0.25, 0.3) is 11.6 Å². The van der Waals surface area contributed by atoms with Crippen LogP contribution in [0.15, 0.2) is 72.8 Å². The van der Waals surface area contributed by atoms with E-state index in [0.29, 0.717) is 16.8 Å². The summed E-state index contributed by atoms with van der Waals surface area (Å²) in [6.45, 7) is 1.40. The molecule has 9 heteroatoms. The lowest BCUT2D eigenvalue weighted by Crippen LogP contribution is -2.26. The third-order valence-electron chi connectivity index (χ3n) is 4.56. The van der Waals surface area contributed by atoms with Gasteiger partial charge in [-0.25, -0.2) is 4.79 Å². The Hall–Kier alpha value is -4.53. The van der Waals surface area contributed by atoms with Crippen molar-refractivity contribution in [3.63, 3.8) is 0 Å². The third-order valence-corrected chi connectivity index (χ3v) is 4.56. The molecule has 3 aromatic rings. The number of anilines is 2. The van der Waals surface area contributed by atoms with Crippen LogP contribution in [-0.2, 0) is 9.53 Å². The molecular weight excluding hydrogens is 414 g/mol. The molecule has 0 saturated heterocycles. The number of amides is 1. The summed E-state index contributed by atoms with van der Waals surface area (Å²) in [5, 5.41) is 13.7. The first-order chi connectivity index (χ1) is 15.3. The average Bonchev–Trinajstić information content (AvgIpc) is 2.78. The van der Waals surface area contributed by atoms with Crippen LogP contribution in [0.25, 0.3) is 0 Å². The van der Waals surface area contributed by atoms with Crippen LogP contribution in [0, 0.1) is 10.1 Å². The first-order valence-corrected chi connectivity index (χ1v) is 9.48. The maximum Gasteiger partial charge on any atom is 0.339 e. The summed E-state index contributed by atoms with van der Waals surface area (Å²) >= 11 is 0. The van der Waals surface area contributed by atoms with Crippen LogP contribution in [0.1, 0.15) is 39.3 Å². The number of Topliss-reactive ketones (excluding diaryl/α,β-unsaturated/α-hetero) is 1. The third kappa shape index (κ3) is 5.14. The molecule has 1 atom stereocenters. The Labute approximate surface area is 183 Å². The van der Waals surface area contributed by atoms with Crippen LogP contribution in [0.4, 0.5) is 17.1 Å². The van der Waals surface area contributed by atoms with E-state index in [2.05, 4.69) is 5.32 Å². The van der Waals surface area contributed by atoms with Gasteiger partial charge in [0, 0.05) is 22.9 Å².